The minimum atomic E-state index is -0.303. The highest BCUT2D eigenvalue weighted by Gasteiger charge is 2.16. The third kappa shape index (κ3) is 4.36. The number of methoxy groups -OCH3 is 1. The van der Waals surface area contributed by atoms with Gasteiger partial charge in [0.25, 0.3) is 0 Å². The van der Waals surface area contributed by atoms with Gasteiger partial charge < -0.3 is 4.74 Å². The fourth-order valence-electron chi connectivity index (χ4n) is 1.72. The normalized spacial score (nSPS) is 11.0. The van der Waals surface area contributed by atoms with Crippen molar-refractivity contribution in [1.82, 2.24) is 14.8 Å². The van der Waals surface area contributed by atoms with Gasteiger partial charge in [-0.25, -0.2) is 9.89 Å². The third-order valence-electron chi connectivity index (χ3n) is 2.74. The number of thioether (sulfide) groups is 1. The zero-order valence-corrected chi connectivity index (χ0v) is 14.7. The molecule has 2 rings (SSSR count). The molecule has 120 valence electrons. The van der Waals surface area contributed by atoms with Gasteiger partial charge in [0.2, 0.25) is 0 Å². The van der Waals surface area contributed by atoms with Crippen LogP contribution in [0.2, 0.25) is 8.67 Å². The number of hydrogen-bond donors (Lipinski definition) is 1. The maximum absolute atomic E-state index is 12.1. The number of thiophene rings is 1. The highest BCUT2D eigenvalue weighted by Crippen LogP contribution is 2.32. The average molecular weight is 382 g/mol. The Labute approximate surface area is 144 Å². The molecule has 0 aliphatic rings. The minimum Gasteiger partial charge on any atom is -0.385 e. The number of H-pyrrole nitrogens is 1. The van der Waals surface area contributed by atoms with Crippen LogP contribution in [0.1, 0.15) is 16.8 Å². The zero-order chi connectivity index (χ0) is 16.1. The number of Topliss-reactive ketones (excluding diaryl/α,β-unsaturated/α-hetero) is 1. The van der Waals surface area contributed by atoms with Crippen molar-refractivity contribution in [3.63, 3.8) is 0 Å². The summed E-state index contributed by atoms with van der Waals surface area (Å²) >= 11 is 14.1. The molecule has 1 N–H and O–H groups in total. The summed E-state index contributed by atoms with van der Waals surface area (Å²) in [5, 5.41) is 6.77. The van der Waals surface area contributed by atoms with Crippen molar-refractivity contribution < 1.29 is 9.53 Å². The first-order chi connectivity index (χ1) is 10.5. The molecule has 0 fully saturated rings. The summed E-state index contributed by atoms with van der Waals surface area (Å²) in [6.07, 6.45) is 0.684. The van der Waals surface area contributed by atoms with Gasteiger partial charge in [0, 0.05) is 25.8 Å². The van der Waals surface area contributed by atoms with Gasteiger partial charge >= 0.3 is 5.69 Å². The SMILES string of the molecule is COCCCn1c(SCC(=O)c2cc(Cl)sc2Cl)n[nH]c1=O. The van der Waals surface area contributed by atoms with Gasteiger partial charge in [-0.15, -0.1) is 16.4 Å². The number of nitrogens with one attached hydrogen (secondary N) is 1. The minimum absolute atomic E-state index is 0.126. The van der Waals surface area contributed by atoms with Crippen LogP contribution >= 0.6 is 46.3 Å². The van der Waals surface area contributed by atoms with Crippen LogP contribution in [0.5, 0.6) is 0 Å². The number of aromatic nitrogens is 3. The number of rotatable bonds is 8. The van der Waals surface area contributed by atoms with E-state index in [1.54, 1.807) is 13.2 Å². The Morgan fingerprint density at radius 3 is 2.95 bits per heavy atom. The third-order valence-corrected chi connectivity index (χ3v) is 5.21. The van der Waals surface area contributed by atoms with Crippen molar-refractivity contribution in [2.45, 2.75) is 18.1 Å². The number of halogens is 2. The van der Waals surface area contributed by atoms with E-state index in [-0.39, 0.29) is 17.2 Å². The van der Waals surface area contributed by atoms with E-state index in [1.807, 2.05) is 0 Å². The summed E-state index contributed by atoms with van der Waals surface area (Å²) in [5.74, 6) is -0.0292. The van der Waals surface area contributed by atoms with Crippen LogP contribution in [0.3, 0.4) is 0 Å². The number of carbonyl (C=O) groups is 1. The first kappa shape index (κ1) is 17.6. The van der Waals surface area contributed by atoms with Crippen LogP contribution in [0, 0.1) is 0 Å². The Morgan fingerprint density at radius 1 is 1.55 bits per heavy atom. The number of aromatic amines is 1. The van der Waals surface area contributed by atoms with Crippen LogP contribution in [0.25, 0.3) is 0 Å². The molecular weight excluding hydrogens is 369 g/mol. The number of carbonyl (C=O) groups excluding carboxylic acids is 1. The monoisotopic (exact) mass is 381 g/mol. The molecule has 0 aliphatic carbocycles. The maximum Gasteiger partial charge on any atom is 0.343 e. The highest BCUT2D eigenvalue weighted by molar-refractivity contribution is 7.99. The summed E-state index contributed by atoms with van der Waals surface area (Å²) in [5.41, 5.74) is 0.0932. The Kier molecular flexibility index (Phi) is 6.51. The molecule has 0 spiro atoms. The Bertz CT molecular complexity index is 711. The van der Waals surface area contributed by atoms with Crippen LogP contribution < -0.4 is 5.69 Å². The average Bonchev–Trinajstić information content (AvgIpc) is 3.00. The van der Waals surface area contributed by atoms with Gasteiger partial charge in [-0.1, -0.05) is 35.0 Å². The summed E-state index contributed by atoms with van der Waals surface area (Å²) < 4.78 is 7.28. The molecular formula is C12H13Cl2N3O3S2. The second-order valence-corrected chi connectivity index (χ2v) is 7.49. The fraction of sp³-hybridized carbons (Fsp3) is 0.417. The first-order valence-corrected chi connectivity index (χ1v) is 8.83. The molecule has 0 unspecified atom stereocenters. The van der Waals surface area contributed by atoms with Crippen molar-refractivity contribution in [3.05, 3.63) is 30.8 Å². The number of hydrogen-bond acceptors (Lipinski definition) is 6. The van der Waals surface area contributed by atoms with Crippen LogP contribution in [-0.2, 0) is 11.3 Å². The van der Waals surface area contributed by atoms with Gasteiger partial charge in [0.1, 0.15) is 4.34 Å². The molecule has 10 heteroatoms. The molecule has 0 saturated heterocycles. The number of ketones is 1. The number of ether oxygens (including phenoxy) is 1. The number of nitrogens with zero attached hydrogens (tertiary/aromatic N) is 2. The Hall–Kier alpha value is -0.800. The Morgan fingerprint density at radius 2 is 2.32 bits per heavy atom. The van der Waals surface area contributed by atoms with E-state index >= 15 is 0 Å². The second-order valence-electron chi connectivity index (χ2n) is 4.26. The largest absolute Gasteiger partial charge is 0.385 e. The molecule has 6 nitrogen and oxygen atoms in total. The van der Waals surface area contributed by atoms with E-state index < -0.39 is 0 Å². The summed E-state index contributed by atoms with van der Waals surface area (Å²) in [4.78, 5) is 23.8. The lowest BCUT2D eigenvalue weighted by molar-refractivity contribution is 0.102. The second kappa shape index (κ2) is 8.16. The predicted molar refractivity (Wildman–Crippen MR) is 88.7 cm³/mol. The topological polar surface area (TPSA) is 77.0 Å². The van der Waals surface area contributed by atoms with E-state index in [0.717, 1.165) is 11.3 Å². The summed E-state index contributed by atoms with van der Waals surface area (Å²) in [6, 6.07) is 1.55. The lowest BCUT2D eigenvalue weighted by Crippen LogP contribution is -2.18. The molecule has 0 saturated carbocycles. The van der Waals surface area contributed by atoms with Gasteiger partial charge in [-0.05, 0) is 12.5 Å². The highest BCUT2D eigenvalue weighted by atomic mass is 35.5. The van der Waals surface area contributed by atoms with E-state index in [0.29, 0.717) is 39.0 Å². The molecule has 0 atom stereocenters. The van der Waals surface area contributed by atoms with Gasteiger partial charge in [-0.2, -0.15) is 0 Å². The maximum atomic E-state index is 12.1. The molecule has 0 aliphatic heterocycles. The van der Waals surface area contributed by atoms with Crippen molar-refractivity contribution in [3.8, 4) is 0 Å². The van der Waals surface area contributed by atoms with Crippen LogP contribution in [-0.4, -0.2) is 40.0 Å². The molecule has 2 aromatic heterocycles. The first-order valence-electron chi connectivity index (χ1n) is 6.28. The smallest absolute Gasteiger partial charge is 0.343 e. The standard InChI is InChI=1S/C12H13Cl2N3O3S2/c1-20-4-2-3-17-11(19)15-16-12(17)21-6-8(18)7-5-9(13)22-10(7)14/h5H,2-4,6H2,1H3,(H,15,19). The van der Waals surface area contributed by atoms with E-state index in [1.165, 1.54) is 16.3 Å². The molecule has 0 bridgehead atoms. The molecule has 0 radical (unpaired) electrons. The van der Waals surface area contributed by atoms with Crippen molar-refractivity contribution >= 4 is 52.1 Å². The molecule has 0 amide bonds. The fourth-order valence-corrected chi connectivity index (χ4v) is 4.07. The van der Waals surface area contributed by atoms with Crippen LogP contribution in [0.4, 0.5) is 0 Å². The summed E-state index contributed by atoms with van der Waals surface area (Å²) in [6.45, 7) is 1.02. The van der Waals surface area contributed by atoms with Crippen molar-refractivity contribution in [2.24, 2.45) is 0 Å². The van der Waals surface area contributed by atoms with Gasteiger partial charge in [0.05, 0.1) is 10.1 Å². The quantitative estimate of drug-likeness (QED) is 0.432. The van der Waals surface area contributed by atoms with E-state index in [4.69, 9.17) is 27.9 Å². The van der Waals surface area contributed by atoms with Gasteiger partial charge in [0.15, 0.2) is 10.9 Å². The molecule has 2 heterocycles. The molecule has 0 aromatic carbocycles. The Balaban J connectivity index is 2.01. The lowest BCUT2D eigenvalue weighted by atomic mass is 10.2. The molecule has 2 aromatic rings. The van der Waals surface area contributed by atoms with Crippen LogP contribution in [0.15, 0.2) is 16.0 Å². The summed E-state index contributed by atoms with van der Waals surface area (Å²) in [7, 11) is 1.60. The van der Waals surface area contributed by atoms with Gasteiger partial charge in [-0.3, -0.25) is 9.36 Å². The van der Waals surface area contributed by atoms with E-state index in [2.05, 4.69) is 10.2 Å². The predicted octanol–water partition coefficient (Wildman–Crippen LogP) is 2.95. The zero-order valence-electron chi connectivity index (χ0n) is 11.6. The van der Waals surface area contributed by atoms with E-state index in [9.17, 15) is 9.59 Å². The van der Waals surface area contributed by atoms with Crippen molar-refractivity contribution in [2.75, 3.05) is 19.5 Å². The van der Waals surface area contributed by atoms with Crippen molar-refractivity contribution in [1.29, 1.82) is 0 Å². The lowest BCUT2D eigenvalue weighted by Gasteiger charge is -2.04. The molecule has 22 heavy (non-hydrogen) atoms.